The molecule has 1 heterocycles. The minimum absolute atomic E-state index is 0. The maximum absolute atomic E-state index is 13.3. The number of benzene rings is 1. The maximum Gasteiger partial charge on any atom is 0.191 e. The Balaban J connectivity index is 0.00000264. The molecule has 0 atom stereocenters. The highest BCUT2D eigenvalue weighted by Gasteiger charge is 2.05. The quantitative estimate of drug-likeness (QED) is 0.381. The number of hydrogen-bond acceptors (Lipinski definition) is 3. The van der Waals surface area contributed by atoms with Crippen LogP contribution in [0.4, 0.5) is 4.39 Å². The fraction of sp³-hybridized carbons (Fsp3) is 0.312. The van der Waals surface area contributed by atoms with Crippen molar-refractivity contribution in [1.82, 2.24) is 10.6 Å². The SMILES string of the molecule is CN=C(NCc1cccs1)NCc1ccc(F)cc1CSC.I. The van der Waals surface area contributed by atoms with Crippen LogP contribution in [0.15, 0.2) is 40.7 Å². The van der Waals surface area contributed by atoms with Gasteiger partial charge in [0.15, 0.2) is 5.96 Å². The predicted molar refractivity (Wildman–Crippen MR) is 110 cm³/mol. The average molecular weight is 465 g/mol. The zero-order valence-electron chi connectivity index (χ0n) is 13.1. The van der Waals surface area contributed by atoms with Crippen molar-refractivity contribution in [3.05, 3.63) is 57.5 Å². The predicted octanol–water partition coefficient (Wildman–Crippen LogP) is 4.23. The van der Waals surface area contributed by atoms with E-state index in [0.717, 1.165) is 29.4 Å². The summed E-state index contributed by atoms with van der Waals surface area (Å²) in [7, 11) is 1.75. The molecule has 0 spiro atoms. The summed E-state index contributed by atoms with van der Waals surface area (Å²) in [5, 5.41) is 8.61. The summed E-state index contributed by atoms with van der Waals surface area (Å²) in [4.78, 5) is 5.47. The summed E-state index contributed by atoms with van der Waals surface area (Å²) in [6, 6.07) is 9.06. The van der Waals surface area contributed by atoms with Crippen LogP contribution in [0.25, 0.3) is 0 Å². The third kappa shape index (κ3) is 6.68. The van der Waals surface area contributed by atoms with E-state index >= 15 is 0 Å². The highest BCUT2D eigenvalue weighted by Crippen LogP contribution is 2.16. The molecule has 0 unspecified atom stereocenters. The van der Waals surface area contributed by atoms with Crippen LogP contribution < -0.4 is 10.6 Å². The normalized spacial score (nSPS) is 11.0. The molecule has 2 rings (SSSR count). The number of thioether (sulfide) groups is 1. The highest BCUT2D eigenvalue weighted by atomic mass is 127. The number of thiophene rings is 1. The van der Waals surface area contributed by atoms with Crippen molar-refractivity contribution < 1.29 is 4.39 Å². The lowest BCUT2D eigenvalue weighted by atomic mass is 10.1. The molecule has 0 aliphatic carbocycles. The molecule has 126 valence electrons. The Hall–Kier alpha value is -0.800. The van der Waals surface area contributed by atoms with Gasteiger partial charge >= 0.3 is 0 Å². The molecule has 0 amide bonds. The molecule has 0 radical (unpaired) electrons. The van der Waals surface area contributed by atoms with Crippen molar-refractivity contribution in [2.24, 2.45) is 4.99 Å². The molecule has 0 aliphatic rings. The van der Waals surface area contributed by atoms with E-state index in [1.165, 1.54) is 10.9 Å². The van der Waals surface area contributed by atoms with Gasteiger partial charge in [-0.05, 0) is 41.0 Å². The van der Waals surface area contributed by atoms with Crippen LogP contribution >= 0.6 is 47.1 Å². The summed E-state index contributed by atoms with van der Waals surface area (Å²) in [6.07, 6.45) is 2.02. The van der Waals surface area contributed by atoms with Gasteiger partial charge in [0, 0.05) is 24.2 Å². The van der Waals surface area contributed by atoms with Crippen LogP contribution in [0.2, 0.25) is 0 Å². The number of nitrogens with zero attached hydrogens (tertiary/aromatic N) is 1. The van der Waals surface area contributed by atoms with Gasteiger partial charge in [-0.15, -0.1) is 35.3 Å². The summed E-state index contributed by atoms with van der Waals surface area (Å²) in [5.41, 5.74) is 2.11. The van der Waals surface area contributed by atoms with Crippen molar-refractivity contribution in [1.29, 1.82) is 0 Å². The van der Waals surface area contributed by atoms with Gasteiger partial charge in [0.25, 0.3) is 0 Å². The first-order valence-corrected chi connectivity index (χ1v) is 9.23. The van der Waals surface area contributed by atoms with E-state index in [1.54, 1.807) is 36.2 Å². The largest absolute Gasteiger partial charge is 0.352 e. The van der Waals surface area contributed by atoms with E-state index in [0.29, 0.717) is 6.54 Å². The standard InChI is InChI=1S/C16H20FN3S2.HI/c1-18-16(20-10-15-4-3-7-22-15)19-9-12-5-6-14(17)8-13(12)11-21-2;/h3-8H,9-11H2,1-2H3,(H2,18,19,20);1H. The number of halogens is 2. The Kier molecular flexibility index (Phi) is 9.57. The number of guanidine groups is 1. The number of rotatable bonds is 6. The number of hydrogen-bond donors (Lipinski definition) is 2. The Morgan fingerprint density at radius 3 is 2.65 bits per heavy atom. The van der Waals surface area contributed by atoms with E-state index in [-0.39, 0.29) is 29.8 Å². The molecule has 0 bridgehead atoms. The highest BCUT2D eigenvalue weighted by molar-refractivity contribution is 14.0. The molecule has 1 aromatic carbocycles. The molecule has 0 saturated heterocycles. The smallest absolute Gasteiger partial charge is 0.191 e. The van der Waals surface area contributed by atoms with Gasteiger partial charge in [0.05, 0.1) is 6.54 Å². The van der Waals surface area contributed by atoms with Crippen LogP contribution in [-0.4, -0.2) is 19.3 Å². The maximum atomic E-state index is 13.3. The topological polar surface area (TPSA) is 36.4 Å². The summed E-state index contributed by atoms with van der Waals surface area (Å²) in [6.45, 7) is 1.37. The molecule has 7 heteroatoms. The molecular weight excluding hydrogens is 444 g/mol. The Labute approximate surface area is 162 Å². The van der Waals surface area contributed by atoms with Crippen LogP contribution in [0.1, 0.15) is 16.0 Å². The lowest BCUT2D eigenvalue weighted by Gasteiger charge is -2.13. The minimum Gasteiger partial charge on any atom is -0.352 e. The molecule has 0 aliphatic heterocycles. The molecule has 3 nitrogen and oxygen atoms in total. The van der Waals surface area contributed by atoms with E-state index < -0.39 is 0 Å². The van der Waals surface area contributed by atoms with Gasteiger partial charge in [-0.1, -0.05) is 12.1 Å². The molecule has 2 N–H and O–H groups in total. The monoisotopic (exact) mass is 465 g/mol. The van der Waals surface area contributed by atoms with Gasteiger partial charge in [0.1, 0.15) is 5.82 Å². The van der Waals surface area contributed by atoms with Crippen LogP contribution in [0.5, 0.6) is 0 Å². The Bertz CT molecular complexity index is 618. The lowest BCUT2D eigenvalue weighted by molar-refractivity contribution is 0.625. The third-order valence-electron chi connectivity index (χ3n) is 3.15. The van der Waals surface area contributed by atoms with Crippen LogP contribution in [-0.2, 0) is 18.8 Å². The second kappa shape index (κ2) is 10.9. The molecule has 23 heavy (non-hydrogen) atoms. The fourth-order valence-corrected chi connectivity index (χ4v) is 3.26. The van der Waals surface area contributed by atoms with Gasteiger partial charge in [-0.3, -0.25) is 4.99 Å². The summed E-state index contributed by atoms with van der Waals surface area (Å²) in [5.74, 6) is 1.36. The summed E-state index contributed by atoms with van der Waals surface area (Å²) < 4.78 is 13.3. The molecule has 0 saturated carbocycles. The van der Waals surface area contributed by atoms with Crippen LogP contribution in [0, 0.1) is 5.82 Å². The Morgan fingerprint density at radius 1 is 1.22 bits per heavy atom. The number of nitrogens with one attached hydrogen (secondary N) is 2. The van der Waals surface area contributed by atoms with Gasteiger partial charge in [0.2, 0.25) is 0 Å². The van der Waals surface area contributed by atoms with Gasteiger partial charge in [-0.25, -0.2) is 4.39 Å². The van der Waals surface area contributed by atoms with E-state index in [1.807, 2.05) is 18.4 Å². The molecule has 2 aromatic rings. The van der Waals surface area contributed by atoms with E-state index in [9.17, 15) is 4.39 Å². The van der Waals surface area contributed by atoms with Crippen LogP contribution in [0.3, 0.4) is 0 Å². The first-order valence-electron chi connectivity index (χ1n) is 6.96. The van der Waals surface area contributed by atoms with Crippen molar-refractivity contribution in [3.8, 4) is 0 Å². The first kappa shape index (κ1) is 20.2. The van der Waals surface area contributed by atoms with Crippen molar-refractivity contribution in [2.45, 2.75) is 18.8 Å². The molecule has 0 fully saturated rings. The molecular formula is C16H21FIN3S2. The molecule has 1 aromatic heterocycles. The fourth-order valence-electron chi connectivity index (χ4n) is 2.04. The van der Waals surface area contributed by atoms with Crippen molar-refractivity contribution in [3.63, 3.8) is 0 Å². The first-order chi connectivity index (χ1) is 10.7. The average Bonchev–Trinajstić information content (AvgIpc) is 3.03. The minimum atomic E-state index is -0.187. The van der Waals surface area contributed by atoms with Gasteiger partial charge in [-0.2, -0.15) is 11.8 Å². The lowest BCUT2D eigenvalue weighted by Crippen LogP contribution is -2.36. The van der Waals surface area contributed by atoms with E-state index in [4.69, 9.17) is 0 Å². The second-order valence-corrected chi connectivity index (χ2v) is 6.60. The third-order valence-corrected chi connectivity index (χ3v) is 4.62. The summed E-state index contributed by atoms with van der Waals surface area (Å²) >= 11 is 3.40. The number of aliphatic imine (C=N–C) groups is 1. The zero-order chi connectivity index (χ0) is 15.8. The van der Waals surface area contributed by atoms with Crippen molar-refractivity contribution >= 4 is 53.0 Å². The Morgan fingerprint density at radius 2 is 2.00 bits per heavy atom. The van der Waals surface area contributed by atoms with Gasteiger partial charge < -0.3 is 10.6 Å². The second-order valence-electron chi connectivity index (χ2n) is 4.70. The zero-order valence-corrected chi connectivity index (χ0v) is 17.1. The van der Waals surface area contributed by atoms with E-state index in [2.05, 4.69) is 27.1 Å². The van der Waals surface area contributed by atoms with Crippen molar-refractivity contribution in [2.75, 3.05) is 13.3 Å².